The second-order valence-corrected chi connectivity index (χ2v) is 4.29. The highest BCUT2D eigenvalue weighted by atomic mass is 32.2. The van der Waals surface area contributed by atoms with E-state index in [0.717, 1.165) is 11.6 Å². The minimum Gasteiger partial charge on any atom is -0.318 e. The van der Waals surface area contributed by atoms with Crippen LogP contribution >= 0.6 is 11.8 Å². The number of nitrogens with zero attached hydrogens (tertiary/aromatic N) is 2. The predicted molar refractivity (Wildman–Crippen MR) is 54.5 cm³/mol. The van der Waals surface area contributed by atoms with Crippen molar-refractivity contribution in [3.8, 4) is 6.07 Å². The Bertz CT molecular complexity index is 304. The number of hydrogen-bond acceptors (Lipinski definition) is 4. The number of carbonyl (C=O) groups is 1. The second kappa shape index (κ2) is 4.03. The van der Waals surface area contributed by atoms with E-state index in [1.165, 1.54) is 0 Å². The topological polar surface area (TPSA) is 56.1 Å². The SMILES string of the molecule is N#C[C@@H]1C=CCN1C(=O)[C@@H]1CSCN1. The van der Waals surface area contributed by atoms with Gasteiger partial charge < -0.3 is 4.90 Å². The smallest absolute Gasteiger partial charge is 0.242 e. The summed E-state index contributed by atoms with van der Waals surface area (Å²) in [4.78, 5) is 13.5. The first-order valence-corrected chi connectivity index (χ1v) is 5.66. The van der Waals surface area contributed by atoms with E-state index in [9.17, 15) is 4.79 Å². The molecule has 2 heterocycles. The van der Waals surface area contributed by atoms with Crippen molar-refractivity contribution in [3.63, 3.8) is 0 Å². The maximum Gasteiger partial charge on any atom is 0.242 e. The molecule has 0 radical (unpaired) electrons. The van der Waals surface area contributed by atoms with Gasteiger partial charge in [-0.3, -0.25) is 10.1 Å². The molecule has 2 rings (SSSR count). The van der Waals surface area contributed by atoms with E-state index in [2.05, 4.69) is 11.4 Å². The zero-order valence-electron chi connectivity index (χ0n) is 7.64. The van der Waals surface area contributed by atoms with Crippen molar-refractivity contribution in [2.75, 3.05) is 18.2 Å². The molecular weight excluding hydrogens is 198 g/mol. The van der Waals surface area contributed by atoms with Gasteiger partial charge in [-0.1, -0.05) is 6.08 Å². The monoisotopic (exact) mass is 209 g/mol. The standard InChI is InChI=1S/C9H11N3OS/c10-4-7-2-1-3-12(7)9(13)8-5-14-6-11-8/h1-2,7-8,11H,3,5-6H2/t7-,8-/m0/s1. The van der Waals surface area contributed by atoms with Gasteiger partial charge in [-0.2, -0.15) is 5.26 Å². The van der Waals surface area contributed by atoms with Gasteiger partial charge in [0.05, 0.1) is 12.1 Å². The van der Waals surface area contributed by atoms with E-state index in [1.54, 1.807) is 22.7 Å². The van der Waals surface area contributed by atoms with Crippen LogP contribution in [-0.2, 0) is 4.79 Å². The quantitative estimate of drug-likeness (QED) is 0.615. The maximum absolute atomic E-state index is 11.9. The third-order valence-corrected chi connectivity index (χ3v) is 3.33. The third kappa shape index (κ3) is 1.63. The number of thioether (sulfide) groups is 1. The van der Waals surface area contributed by atoms with Crippen molar-refractivity contribution < 1.29 is 4.79 Å². The molecule has 0 spiro atoms. The first-order valence-electron chi connectivity index (χ1n) is 4.51. The normalized spacial score (nSPS) is 30.6. The highest BCUT2D eigenvalue weighted by molar-refractivity contribution is 7.99. The minimum atomic E-state index is -0.366. The molecule has 14 heavy (non-hydrogen) atoms. The van der Waals surface area contributed by atoms with Crippen LogP contribution in [0.1, 0.15) is 0 Å². The fourth-order valence-corrected chi connectivity index (χ4v) is 2.55. The Morgan fingerprint density at radius 2 is 2.57 bits per heavy atom. The van der Waals surface area contributed by atoms with Crippen LogP contribution in [0.4, 0.5) is 0 Å². The van der Waals surface area contributed by atoms with E-state index in [1.807, 2.05) is 6.08 Å². The Morgan fingerprint density at radius 1 is 1.71 bits per heavy atom. The summed E-state index contributed by atoms with van der Waals surface area (Å²) < 4.78 is 0. The zero-order valence-corrected chi connectivity index (χ0v) is 8.46. The highest BCUT2D eigenvalue weighted by Crippen LogP contribution is 2.16. The molecule has 1 amide bonds. The van der Waals surface area contributed by atoms with Gasteiger partial charge in [0.1, 0.15) is 6.04 Å². The van der Waals surface area contributed by atoms with Gasteiger partial charge in [0.25, 0.3) is 0 Å². The molecule has 0 aromatic rings. The first-order chi connectivity index (χ1) is 6.83. The number of rotatable bonds is 1. The van der Waals surface area contributed by atoms with Crippen LogP contribution in [0.25, 0.3) is 0 Å². The Balaban J connectivity index is 2.01. The van der Waals surface area contributed by atoms with Crippen molar-refractivity contribution in [1.29, 1.82) is 5.26 Å². The van der Waals surface area contributed by atoms with E-state index in [-0.39, 0.29) is 18.0 Å². The number of carbonyl (C=O) groups excluding carboxylic acids is 1. The average molecular weight is 209 g/mol. The summed E-state index contributed by atoms with van der Waals surface area (Å²) in [7, 11) is 0. The molecule has 0 unspecified atom stereocenters. The van der Waals surface area contributed by atoms with E-state index >= 15 is 0 Å². The van der Waals surface area contributed by atoms with Crippen molar-refractivity contribution in [3.05, 3.63) is 12.2 Å². The summed E-state index contributed by atoms with van der Waals surface area (Å²) in [5.41, 5.74) is 0. The van der Waals surface area contributed by atoms with Crippen LogP contribution in [0.15, 0.2) is 12.2 Å². The predicted octanol–water partition coefficient (Wildman–Crippen LogP) is -0.0605. The lowest BCUT2D eigenvalue weighted by atomic mass is 10.2. The van der Waals surface area contributed by atoms with E-state index < -0.39 is 0 Å². The molecule has 4 nitrogen and oxygen atoms in total. The van der Waals surface area contributed by atoms with E-state index in [4.69, 9.17) is 5.26 Å². The molecule has 5 heteroatoms. The molecule has 1 fully saturated rings. The molecule has 2 aliphatic rings. The van der Waals surface area contributed by atoms with Crippen LogP contribution in [0.2, 0.25) is 0 Å². The molecular formula is C9H11N3OS. The summed E-state index contributed by atoms with van der Waals surface area (Å²) >= 11 is 1.72. The van der Waals surface area contributed by atoms with Gasteiger partial charge in [-0.25, -0.2) is 0 Å². The number of nitriles is 1. The van der Waals surface area contributed by atoms with Gasteiger partial charge in [-0.15, -0.1) is 11.8 Å². The lowest BCUT2D eigenvalue weighted by molar-refractivity contribution is -0.132. The molecule has 2 aliphatic heterocycles. The van der Waals surface area contributed by atoms with Crippen molar-refractivity contribution >= 4 is 17.7 Å². The number of nitrogens with one attached hydrogen (secondary N) is 1. The maximum atomic E-state index is 11.9. The van der Waals surface area contributed by atoms with Gasteiger partial charge in [0, 0.05) is 18.2 Å². The van der Waals surface area contributed by atoms with Crippen LogP contribution in [0.5, 0.6) is 0 Å². The molecule has 0 aromatic carbocycles. The first kappa shape index (κ1) is 9.56. The lowest BCUT2D eigenvalue weighted by Crippen LogP contribution is -2.46. The third-order valence-electron chi connectivity index (χ3n) is 2.39. The fraction of sp³-hybridized carbons (Fsp3) is 0.556. The van der Waals surface area contributed by atoms with Gasteiger partial charge in [0.2, 0.25) is 5.91 Å². The van der Waals surface area contributed by atoms with E-state index in [0.29, 0.717) is 6.54 Å². The molecule has 1 N–H and O–H groups in total. The molecule has 74 valence electrons. The average Bonchev–Trinajstić information content (AvgIpc) is 2.87. The molecule has 0 bridgehead atoms. The van der Waals surface area contributed by atoms with Gasteiger partial charge >= 0.3 is 0 Å². The van der Waals surface area contributed by atoms with Crippen molar-refractivity contribution in [2.45, 2.75) is 12.1 Å². The summed E-state index contributed by atoms with van der Waals surface area (Å²) in [5.74, 6) is 1.69. The van der Waals surface area contributed by atoms with Crippen LogP contribution < -0.4 is 5.32 Å². The molecule has 2 atom stereocenters. The summed E-state index contributed by atoms with van der Waals surface area (Å²) in [5, 5.41) is 11.9. The minimum absolute atomic E-state index is 0.0477. The second-order valence-electron chi connectivity index (χ2n) is 3.26. The summed E-state index contributed by atoms with van der Waals surface area (Å²) in [6, 6.07) is 1.64. The Morgan fingerprint density at radius 3 is 3.21 bits per heavy atom. The van der Waals surface area contributed by atoms with Crippen LogP contribution in [0, 0.1) is 11.3 Å². The Labute approximate surface area is 86.9 Å². The number of amides is 1. The summed E-state index contributed by atoms with van der Waals surface area (Å²) in [6.45, 7) is 0.569. The van der Waals surface area contributed by atoms with Crippen LogP contribution in [-0.4, -0.2) is 41.1 Å². The molecule has 0 aliphatic carbocycles. The van der Waals surface area contributed by atoms with Crippen molar-refractivity contribution in [1.82, 2.24) is 10.2 Å². The molecule has 1 saturated heterocycles. The largest absolute Gasteiger partial charge is 0.318 e. The lowest BCUT2D eigenvalue weighted by Gasteiger charge is -2.22. The Hall–Kier alpha value is -0.990. The fourth-order valence-electron chi connectivity index (χ4n) is 1.61. The van der Waals surface area contributed by atoms with Gasteiger partial charge in [-0.05, 0) is 6.08 Å². The Kier molecular flexibility index (Phi) is 2.75. The molecule has 0 aromatic heterocycles. The van der Waals surface area contributed by atoms with Crippen LogP contribution in [0.3, 0.4) is 0 Å². The zero-order chi connectivity index (χ0) is 9.97. The summed E-state index contributed by atoms with van der Waals surface area (Å²) in [6.07, 6.45) is 3.65. The molecule has 0 saturated carbocycles. The van der Waals surface area contributed by atoms with Gasteiger partial charge in [0.15, 0.2) is 0 Å². The highest BCUT2D eigenvalue weighted by Gasteiger charge is 2.31. The van der Waals surface area contributed by atoms with Crippen molar-refractivity contribution in [2.24, 2.45) is 0 Å². The number of hydrogen-bond donors (Lipinski definition) is 1.